The van der Waals surface area contributed by atoms with Crippen molar-refractivity contribution in [2.75, 3.05) is 26.3 Å². The molecule has 0 saturated carbocycles. The minimum absolute atomic E-state index is 0.701. The van der Waals surface area contributed by atoms with E-state index in [1.165, 1.54) is 17.5 Å². The monoisotopic (exact) mass is 291 g/mol. The summed E-state index contributed by atoms with van der Waals surface area (Å²) in [5.41, 5.74) is 2.79. The van der Waals surface area contributed by atoms with Crippen LogP contribution >= 0.6 is 0 Å². The van der Waals surface area contributed by atoms with Crippen molar-refractivity contribution in [1.29, 1.82) is 0 Å². The smallest absolute Gasteiger partial charge is 0.0466 e. The molecule has 0 aromatic heterocycles. The molecule has 2 nitrogen and oxygen atoms in total. The molecule has 0 aliphatic rings. The molecule has 2 heteroatoms. The van der Waals surface area contributed by atoms with Crippen LogP contribution in [0, 0.1) is 18.8 Å². The number of benzene rings is 1. The van der Waals surface area contributed by atoms with Gasteiger partial charge >= 0.3 is 0 Å². The molecule has 0 fully saturated rings. The molecular formula is C19H33NO. The van der Waals surface area contributed by atoms with Gasteiger partial charge in [-0.2, -0.15) is 0 Å². The second kappa shape index (κ2) is 10.8. The van der Waals surface area contributed by atoms with Crippen molar-refractivity contribution < 1.29 is 4.74 Å². The van der Waals surface area contributed by atoms with Gasteiger partial charge in [0, 0.05) is 13.2 Å². The second-order valence-corrected chi connectivity index (χ2v) is 6.45. The first kappa shape index (κ1) is 18.2. The van der Waals surface area contributed by atoms with Crippen molar-refractivity contribution in [1.82, 2.24) is 5.32 Å². The maximum atomic E-state index is 5.47. The quantitative estimate of drug-likeness (QED) is 0.616. The van der Waals surface area contributed by atoms with E-state index in [1.807, 2.05) is 0 Å². The molecule has 0 radical (unpaired) electrons. The molecule has 1 unspecified atom stereocenters. The molecule has 0 saturated heterocycles. The van der Waals surface area contributed by atoms with Crippen molar-refractivity contribution in [3.63, 3.8) is 0 Å². The standard InChI is InChI=1S/C19H33NO/c1-5-21-12-6-7-19(15-20-14-16(2)3)13-18-10-8-17(4)9-11-18/h8-11,16,19-20H,5-7,12-15H2,1-4H3. The summed E-state index contributed by atoms with van der Waals surface area (Å²) in [7, 11) is 0. The molecule has 1 N–H and O–H groups in total. The van der Waals surface area contributed by atoms with Crippen molar-refractivity contribution in [2.24, 2.45) is 11.8 Å². The lowest BCUT2D eigenvalue weighted by Gasteiger charge is -2.19. The highest BCUT2D eigenvalue weighted by Gasteiger charge is 2.10. The molecule has 1 atom stereocenters. The van der Waals surface area contributed by atoms with Gasteiger partial charge in [0.1, 0.15) is 0 Å². The van der Waals surface area contributed by atoms with Gasteiger partial charge in [-0.3, -0.25) is 0 Å². The maximum absolute atomic E-state index is 5.47. The van der Waals surface area contributed by atoms with Crippen LogP contribution in [0.1, 0.15) is 44.7 Å². The third kappa shape index (κ3) is 8.90. The third-order valence-electron chi connectivity index (χ3n) is 3.74. The Morgan fingerprint density at radius 1 is 1.10 bits per heavy atom. The minimum atomic E-state index is 0.701. The van der Waals surface area contributed by atoms with Gasteiger partial charge in [0.2, 0.25) is 0 Å². The summed E-state index contributed by atoms with van der Waals surface area (Å²) >= 11 is 0. The number of nitrogens with one attached hydrogen (secondary N) is 1. The Morgan fingerprint density at radius 2 is 1.81 bits per heavy atom. The lowest BCUT2D eigenvalue weighted by atomic mass is 9.94. The average molecular weight is 291 g/mol. The van der Waals surface area contributed by atoms with Crippen LogP contribution in [0.2, 0.25) is 0 Å². The first-order valence-corrected chi connectivity index (χ1v) is 8.45. The Morgan fingerprint density at radius 3 is 2.43 bits per heavy atom. The van der Waals surface area contributed by atoms with Crippen LogP contribution in [0.5, 0.6) is 0 Å². The molecule has 0 spiro atoms. The average Bonchev–Trinajstić information content (AvgIpc) is 2.45. The Kier molecular flexibility index (Phi) is 9.36. The molecule has 1 aromatic carbocycles. The zero-order chi connectivity index (χ0) is 15.5. The highest BCUT2D eigenvalue weighted by atomic mass is 16.5. The molecule has 0 bridgehead atoms. The number of hydrogen-bond acceptors (Lipinski definition) is 2. The fraction of sp³-hybridized carbons (Fsp3) is 0.684. The molecule has 21 heavy (non-hydrogen) atoms. The zero-order valence-corrected chi connectivity index (χ0v) is 14.3. The lowest BCUT2D eigenvalue weighted by molar-refractivity contribution is 0.139. The predicted octanol–water partition coefficient (Wildman–Crippen LogP) is 4.22. The van der Waals surface area contributed by atoms with E-state index < -0.39 is 0 Å². The number of ether oxygens (including phenoxy) is 1. The van der Waals surface area contributed by atoms with Crippen LogP contribution in [0.3, 0.4) is 0 Å². The Labute approximate surface area is 131 Å². The number of hydrogen-bond donors (Lipinski definition) is 1. The summed E-state index contributed by atoms with van der Waals surface area (Å²) in [5, 5.41) is 3.62. The highest BCUT2D eigenvalue weighted by molar-refractivity contribution is 5.21. The zero-order valence-electron chi connectivity index (χ0n) is 14.3. The third-order valence-corrected chi connectivity index (χ3v) is 3.74. The summed E-state index contributed by atoms with van der Waals surface area (Å²) < 4.78 is 5.47. The van der Waals surface area contributed by atoms with Crippen molar-refractivity contribution in [2.45, 2.75) is 47.0 Å². The topological polar surface area (TPSA) is 21.3 Å². The van der Waals surface area contributed by atoms with Crippen molar-refractivity contribution in [3.05, 3.63) is 35.4 Å². The summed E-state index contributed by atoms with van der Waals surface area (Å²) in [6.07, 6.45) is 3.56. The second-order valence-electron chi connectivity index (χ2n) is 6.45. The lowest BCUT2D eigenvalue weighted by Crippen LogP contribution is -2.27. The van der Waals surface area contributed by atoms with E-state index in [2.05, 4.69) is 57.3 Å². The molecular weight excluding hydrogens is 258 g/mol. The van der Waals surface area contributed by atoms with E-state index in [0.717, 1.165) is 39.1 Å². The first-order chi connectivity index (χ1) is 10.1. The van der Waals surface area contributed by atoms with Crippen LogP contribution < -0.4 is 5.32 Å². The molecule has 1 aromatic rings. The molecule has 0 aliphatic carbocycles. The van der Waals surface area contributed by atoms with Gasteiger partial charge in [0.15, 0.2) is 0 Å². The van der Waals surface area contributed by atoms with Gasteiger partial charge in [0.25, 0.3) is 0 Å². The summed E-state index contributed by atoms with van der Waals surface area (Å²) in [5.74, 6) is 1.42. The van der Waals surface area contributed by atoms with Gasteiger partial charge < -0.3 is 10.1 Å². The highest BCUT2D eigenvalue weighted by Crippen LogP contribution is 2.15. The van der Waals surface area contributed by atoms with E-state index in [9.17, 15) is 0 Å². The largest absolute Gasteiger partial charge is 0.382 e. The number of aryl methyl sites for hydroxylation is 1. The summed E-state index contributed by atoms with van der Waals surface area (Å²) in [6.45, 7) is 12.7. The molecule has 120 valence electrons. The van der Waals surface area contributed by atoms with Crippen molar-refractivity contribution >= 4 is 0 Å². The molecule has 0 heterocycles. The molecule has 1 rings (SSSR count). The Hall–Kier alpha value is -0.860. The molecule has 0 aliphatic heterocycles. The van der Waals surface area contributed by atoms with Crippen LogP contribution in [0.15, 0.2) is 24.3 Å². The van der Waals surface area contributed by atoms with Gasteiger partial charge in [-0.05, 0) is 63.6 Å². The SMILES string of the molecule is CCOCCCC(CNCC(C)C)Cc1ccc(C)cc1. The van der Waals surface area contributed by atoms with E-state index in [1.54, 1.807) is 0 Å². The van der Waals surface area contributed by atoms with E-state index in [-0.39, 0.29) is 0 Å². The minimum Gasteiger partial charge on any atom is -0.382 e. The van der Waals surface area contributed by atoms with Crippen LogP contribution in [-0.2, 0) is 11.2 Å². The van der Waals surface area contributed by atoms with Crippen molar-refractivity contribution in [3.8, 4) is 0 Å². The molecule has 0 amide bonds. The fourth-order valence-corrected chi connectivity index (χ4v) is 2.53. The first-order valence-electron chi connectivity index (χ1n) is 8.45. The van der Waals surface area contributed by atoms with Gasteiger partial charge in [-0.1, -0.05) is 43.7 Å². The van der Waals surface area contributed by atoms with E-state index in [0.29, 0.717) is 11.8 Å². The van der Waals surface area contributed by atoms with Gasteiger partial charge in [0.05, 0.1) is 0 Å². The number of rotatable bonds is 11. The summed E-state index contributed by atoms with van der Waals surface area (Å²) in [6, 6.07) is 8.98. The van der Waals surface area contributed by atoms with Crippen LogP contribution in [0.25, 0.3) is 0 Å². The van der Waals surface area contributed by atoms with Crippen LogP contribution in [0.4, 0.5) is 0 Å². The van der Waals surface area contributed by atoms with E-state index in [4.69, 9.17) is 4.74 Å². The predicted molar refractivity (Wildman–Crippen MR) is 91.8 cm³/mol. The Balaban J connectivity index is 2.43. The summed E-state index contributed by atoms with van der Waals surface area (Å²) in [4.78, 5) is 0. The van der Waals surface area contributed by atoms with E-state index >= 15 is 0 Å². The fourth-order valence-electron chi connectivity index (χ4n) is 2.53. The Bertz CT molecular complexity index is 358. The normalized spacial score (nSPS) is 12.8. The van der Waals surface area contributed by atoms with Crippen LogP contribution in [-0.4, -0.2) is 26.3 Å². The van der Waals surface area contributed by atoms with Gasteiger partial charge in [-0.25, -0.2) is 0 Å². The van der Waals surface area contributed by atoms with Gasteiger partial charge in [-0.15, -0.1) is 0 Å². The maximum Gasteiger partial charge on any atom is 0.0466 e.